The largest absolute Gasteiger partial charge is 0.444 e. The van der Waals surface area contributed by atoms with E-state index < -0.39 is 59.2 Å². The topological polar surface area (TPSA) is 158 Å². The van der Waals surface area contributed by atoms with Crippen LogP contribution in [-0.2, 0) is 35.1 Å². The zero-order chi connectivity index (χ0) is 39.8. The molecule has 53 heavy (non-hydrogen) atoms. The zero-order valence-corrected chi connectivity index (χ0v) is 34.2. The van der Waals surface area contributed by atoms with Gasteiger partial charge in [-0.1, -0.05) is 53.5 Å². The minimum atomic E-state index is -2.00. The van der Waals surface area contributed by atoms with Gasteiger partial charge in [-0.2, -0.15) is 0 Å². The van der Waals surface area contributed by atoms with Crippen LogP contribution in [0.2, 0.25) is 5.02 Å². The predicted molar refractivity (Wildman–Crippen MR) is 206 cm³/mol. The van der Waals surface area contributed by atoms with Gasteiger partial charge in [-0.05, 0) is 76.1 Å². The van der Waals surface area contributed by atoms with E-state index in [9.17, 15) is 29.1 Å². The summed E-state index contributed by atoms with van der Waals surface area (Å²) >= 11 is 9.92. The Bertz CT molecular complexity index is 1540. The molecule has 3 rings (SSSR count). The Morgan fingerprint density at radius 3 is 2.42 bits per heavy atom. The molecule has 294 valence electrons. The highest BCUT2D eigenvalue weighted by Crippen LogP contribution is 2.49. The maximum absolute atomic E-state index is 14.5. The second kappa shape index (κ2) is 18.7. The average molecular weight is 825 g/mol. The molecule has 3 N–H and O–H groups in total. The first kappa shape index (κ1) is 43.9. The number of aliphatic hydroxyl groups is 1. The fourth-order valence-electron chi connectivity index (χ4n) is 6.67. The Morgan fingerprint density at radius 2 is 1.83 bits per heavy atom. The predicted octanol–water partition coefficient (Wildman–Crippen LogP) is 4.44. The molecule has 1 saturated heterocycles. The van der Waals surface area contributed by atoms with Crippen molar-refractivity contribution in [1.29, 1.82) is 0 Å². The number of likely N-dealkylation sites (tertiary alicyclic amines) is 1. The number of benzene rings is 1. The smallest absolute Gasteiger partial charge is 0.410 e. The number of nitrogens with zero attached hydrogens (tertiary/aromatic N) is 3. The lowest BCUT2D eigenvalue weighted by molar-refractivity contribution is -0.150. The van der Waals surface area contributed by atoms with Gasteiger partial charge in [0.1, 0.15) is 23.2 Å². The molecule has 1 aromatic rings. The molecule has 2 aliphatic rings. The van der Waals surface area contributed by atoms with Crippen LogP contribution in [-0.4, -0.2) is 119 Å². The number of carbonyl (C=O) groups is 5. The molecule has 0 unspecified atom stereocenters. The fourth-order valence-corrected chi connectivity index (χ4v) is 7.27. The summed E-state index contributed by atoms with van der Waals surface area (Å²) in [5.41, 5.74) is -1.64. The van der Waals surface area contributed by atoms with Crippen LogP contribution in [0.25, 0.3) is 0 Å². The molecule has 0 radical (unpaired) electrons. The Morgan fingerprint density at radius 1 is 1.15 bits per heavy atom. The number of halogens is 2. The van der Waals surface area contributed by atoms with E-state index in [2.05, 4.69) is 39.7 Å². The van der Waals surface area contributed by atoms with Crippen molar-refractivity contribution in [2.24, 2.45) is 11.8 Å². The molecule has 0 bridgehead atoms. The second-order valence-corrected chi connectivity index (χ2v) is 16.4. The quantitative estimate of drug-likeness (QED) is 0.118. The van der Waals surface area contributed by atoms with Crippen molar-refractivity contribution in [1.82, 2.24) is 25.3 Å². The fraction of sp³-hybridized carbons (Fsp3) is 0.605. The molecular weight excluding hydrogens is 770 g/mol. The molecule has 1 saturated carbocycles. The number of likely N-dealkylation sites (N-methyl/N-ethyl adjacent to an activating group) is 2. The summed E-state index contributed by atoms with van der Waals surface area (Å²) in [6.07, 6.45) is 2.26. The minimum absolute atomic E-state index is 0.0524. The Labute approximate surface area is 326 Å². The van der Waals surface area contributed by atoms with Gasteiger partial charge in [0.15, 0.2) is 0 Å². The third-order valence-corrected chi connectivity index (χ3v) is 10.5. The summed E-state index contributed by atoms with van der Waals surface area (Å²) in [5.74, 6) is -2.88. The highest BCUT2D eigenvalue weighted by atomic mass is 79.9. The number of aliphatic hydroxyl groups excluding tert-OH is 1. The Balaban J connectivity index is 1.91. The van der Waals surface area contributed by atoms with Gasteiger partial charge in [0, 0.05) is 42.5 Å². The number of amides is 5. The van der Waals surface area contributed by atoms with Gasteiger partial charge in [-0.25, -0.2) is 4.79 Å². The highest BCUT2D eigenvalue weighted by Gasteiger charge is 2.63. The standard InChI is InChI=1S/C38H55BrClN5O8/c1-10-17-52-22-27-13-12-16-45(27)33(48)30(20-24-19-26(40)14-15-28(24)39)43(8)32(47)29(18-23(3)4)41-35(50)38(21-25(38)11-2)44(9)34(49)31(46)42-36(51)53-37(5,6)7/h10-11,14-15,19,23,25,27,29-31,46H,1-2,12-13,16-18,20-22H2,3-9H3,(H,41,50)(H,42,51)/t25-,27-,29+,30+,31+,38+/m1/s1. The van der Waals surface area contributed by atoms with Crippen LogP contribution in [0, 0.1) is 11.8 Å². The van der Waals surface area contributed by atoms with Gasteiger partial charge in [-0.3, -0.25) is 24.5 Å². The van der Waals surface area contributed by atoms with Crippen molar-refractivity contribution in [3.63, 3.8) is 0 Å². The molecule has 6 atom stereocenters. The van der Waals surface area contributed by atoms with Crippen LogP contribution in [0.1, 0.15) is 65.9 Å². The van der Waals surface area contributed by atoms with E-state index in [1.165, 1.54) is 18.0 Å². The van der Waals surface area contributed by atoms with Crippen LogP contribution in [0.15, 0.2) is 48.0 Å². The van der Waals surface area contributed by atoms with Crippen LogP contribution in [0.5, 0.6) is 0 Å². The minimum Gasteiger partial charge on any atom is -0.444 e. The molecule has 13 nitrogen and oxygen atoms in total. The Kier molecular flexibility index (Phi) is 15.5. The van der Waals surface area contributed by atoms with Crippen molar-refractivity contribution in [2.75, 3.05) is 33.9 Å². The third kappa shape index (κ3) is 11.3. The SMILES string of the molecule is C=CCOC[C@H]1CCCN1C(=O)[C@H](Cc1cc(Cl)ccc1Br)N(C)C(=O)[C@H](CC(C)C)NC(=O)[C@]1(N(C)C(=O)[C@H](O)NC(=O)OC(C)(C)C)C[C@H]1C=C. The molecular formula is C38H55BrClN5O8. The number of hydrogen-bond acceptors (Lipinski definition) is 8. The van der Waals surface area contributed by atoms with Crippen molar-refractivity contribution < 1.29 is 38.6 Å². The molecule has 1 aliphatic carbocycles. The molecule has 0 spiro atoms. The van der Waals surface area contributed by atoms with Crippen LogP contribution in [0.4, 0.5) is 4.79 Å². The van der Waals surface area contributed by atoms with Crippen molar-refractivity contribution in [3.8, 4) is 0 Å². The van der Waals surface area contributed by atoms with Gasteiger partial charge >= 0.3 is 6.09 Å². The lowest BCUT2D eigenvalue weighted by Crippen LogP contribution is -2.61. The molecule has 2 fully saturated rings. The average Bonchev–Trinajstić information content (AvgIpc) is 3.66. The normalized spacial score (nSPS) is 21.2. The van der Waals surface area contributed by atoms with E-state index in [1.54, 1.807) is 57.0 Å². The summed E-state index contributed by atoms with van der Waals surface area (Å²) in [6, 6.07) is 3.04. The van der Waals surface area contributed by atoms with Crippen molar-refractivity contribution in [2.45, 2.75) is 102 Å². The second-order valence-electron chi connectivity index (χ2n) is 15.1. The van der Waals surface area contributed by atoms with E-state index in [-0.39, 0.29) is 37.1 Å². The van der Waals surface area contributed by atoms with Crippen LogP contribution >= 0.6 is 27.5 Å². The van der Waals surface area contributed by atoms with Gasteiger partial charge < -0.3 is 34.6 Å². The van der Waals surface area contributed by atoms with Crippen molar-refractivity contribution in [3.05, 3.63) is 58.6 Å². The number of ether oxygens (including phenoxy) is 2. The molecule has 1 aromatic carbocycles. The first-order valence-electron chi connectivity index (χ1n) is 17.9. The van der Waals surface area contributed by atoms with Crippen LogP contribution < -0.4 is 10.6 Å². The van der Waals surface area contributed by atoms with Gasteiger partial charge in [0.05, 0.1) is 19.3 Å². The highest BCUT2D eigenvalue weighted by molar-refractivity contribution is 9.10. The summed E-state index contributed by atoms with van der Waals surface area (Å²) < 4.78 is 11.6. The lowest BCUT2D eigenvalue weighted by atomic mass is 9.98. The van der Waals surface area contributed by atoms with E-state index in [1.807, 2.05) is 13.8 Å². The number of carbonyl (C=O) groups excluding carboxylic acids is 5. The summed E-state index contributed by atoms with van der Waals surface area (Å²) in [7, 11) is 2.90. The van der Waals surface area contributed by atoms with Gasteiger partial charge in [-0.15, -0.1) is 13.2 Å². The summed E-state index contributed by atoms with van der Waals surface area (Å²) in [6.45, 7) is 17.4. The van der Waals surface area contributed by atoms with Gasteiger partial charge in [0.25, 0.3) is 5.91 Å². The first-order chi connectivity index (χ1) is 24.8. The van der Waals surface area contributed by atoms with Crippen molar-refractivity contribution >= 4 is 57.3 Å². The third-order valence-electron chi connectivity index (χ3n) is 9.52. The number of nitrogens with one attached hydrogen (secondary N) is 2. The summed E-state index contributed by atoms with van der Waals surface area (Å²) in [5, 5.41) is 16.1. The monoisotopic (exact) mass is 823 g/mol. The van der Waals surface area contributed by atoms with E-state index in [0.717, 1.165) is 27.8 Å². The number of hydrogen-bond donors (Lipinski definition) is 3. The van der Waals surface area contributed by atoms with E-state index in [4.69, 9.17) is 21.1 Å². The Hall–Kier alpha value is -3.46. The number of alkyl carbamates (subject to hydrolysis) is 1. The van der Waals surface area contributed by atoms with Crippen LogP contribution in [0.3, 0.4) is 0 Å². The van der Waals surface area contributed by atoms with E-state index >= 15 is 0 Å². The molecule has 1 heterocycles. The maximum atomic E-state index is 14.5. The lowest BCUT2D eigenvalue weighted by Gasteiger charge is -2.36. The molecule has 5 amide bonds. The molecule has 15 heteroatoms. The van der Waals surface area contributed by atoms with Gasteiger partial charge in [0.2, 0.25) is 23.9 Å². The maximum Gasteiger partial charge on any atom is 0.410 e. The first-order valence-corrected chi connectivity index (χ1v) is 19.0. The summed E-state index contributed by atoms with van der Waals surface area (Å²) in [4.78, 5) is 73.0. The van der Waals surface area contributed by atoms with E-state index in [0.29, 0.717) is 24.8 Å². The zero-order valence-electron chi connectivity index (χ0n) is 31.8. The molecule has 1 aliphatic heterocycles. The number of rotatable bonds is 17. The molecule has 0 aromatic heterocycles.